The second kappa shape index (κ2) is 6.33. The van der Waals surface area contributed by atoms with Gasteiger partial charge in [0.15, 0.2) is 5.43 Å². The van der Waals surface area contributed by atoms with Gasteiger partial charge in [0.1, 0.15) is 17.1 Å². The highest BCUT2D eigenvalue weighted by molar-refractivity contribution is 5.91. The van der Waals surface area contributed by atoms with E-state index in [0.29, 0.717) is 23.5 Å². The van der Waals surface area contributed by atoms with Crippen LogP contribution < -0.4 is 10.2 Å². The molecule has 7 heteroatoms. The Morgan fingerprint density at radius 2 is 2.00 bits per heavy atom. The summed E-state index contributed by atoms with van der Waals surface area (Å²) in [6, 6.07) is 8.95. The third-order valence-electron chi connectivity index (χ3n) is 4.62. The molecule has 1 aliphatic carbocycles. The van der Waals surface area contributed by atoms with Crippen molar-refractivity contribution in [3.05, 3.63) is 57.5 Å². The predicted octanol–water partition coefficient (Wildman–Crippen LogP) is 2.45. The molecule has 0 unspecified atom stereocenters. The van der Waals surface area contributed by atoms with E-state index in [-0.39, 0.29) is 11.1 Å². The molecule has 2 heterocycles. The number of nitrogens with zero attached hydrogens (tertiary/aromatic N) is 2. The fourth-order valence-electron chi connectivity index (χ4n) is 3.10. The summed E-state index contributed by atoms with van der Waals surface area (Å²) in [5, 5.41) is 5.24. The highest BCUT2D eigenvalue weighted by Gasteiger charge is 2.31. The van der Waals surface area contributed by atoms with Crippen molar-refractivity contribution >= 4 is 17.0 Å². The van der Waals surface area contributed by atoms with Gasteiger partial charge in [0.05, 0.1) is 31.8 Å². The Morgan fingerprint density at radius 1 is 1.27 bits per heavy atom. The summed E-state index contributed by atoms with van der Waals surface area (Å²) < 4.78 is 11.7. The van der Waals surface area contributed by atoms with Crippen molar-refractivity contribution in [3.8, 4) is 5.75 Å². The standard InChI is InChI=1S/C19H19N3O4/c1-25-13-7-3-11(4-8-13)10-22-18-16(17(21-22)12-5-6-12)15(23)9-14(20-18)19(24)26-2/h3-4,7-9,12H,5-6,10H2,1-2H3,(H,20,23). The van der Waals surface area contributed by atoms with Crippen molar-refractivity contribution in [2.45, 2.75) is 25.3 Å². The summed E-state index contributed by atoms with van der Waals surface area (Å²) in [5.41, 5.74) is 2.30. The molecular formula is C19H19N3O4. The van der Waals surface area contributed by atoms with Gasteiger partial charge in [0, 0.05) is 12.0 Å². The number of rotatable bonds is 5. The third-order valence-corrected chi connectivity index (χ3v) is 4.62. The van der Waals surface area contributed by atoms with Crippen LogP contribution >= 0.6 is 0 Å². The summed E-state index contributed by atoms with van der Waals surface area (Å²) in [6.07, 6.45) is 2.07. The van der Waals surface area contributed by atoms with E-state index < -0.39 is 5.97 Å². The lowest BCUT2D eigenvalue weighted by Gasteiger charge is -2.06. The number of aromatic amines is 1. The molecule has 1 fully saturated rings. The Balaban J connectivity index is 1.83. The fraction of sp³-hybridized carbons (Fsp3) is 0.316. The van der Waals surface area contributed by atoms with Crippen LogP contribution in [-0.4, -0.2) is 35.0 Å². The Hall–Kier alpha value is -3.09. The highest BCUT2D eigenvalue weighted by atomic mass is 16.5. The largest absolute Gasteiger partial charge is 0.497 e. The summed E-state index contributed by atoms with van der Waals surface area (Å²) in [4.78, 5) is 27.5. The van der Waals surface area contributed by atoms with Gasteiger partial charge in [-0.15, -0.1) is 0 Å². The van der Waals surface area contributed by atoms with Crippen molar-refractivity contribution < 1.29 is 14.3 Å². The summed E-state index contributed by atoms with van der Waals surface area (Å²) >= 11 is 0. The maximum absolute atomic E-state index is 12.6. The second-order valence-corrected chi connectivity index (χ2v) is 6.43. The zero-order chi connectivity index (χ0) is 18.3. The van der Waals surface area contributed by atoms with Gasteiger partial charge < -0.3 is 14.5 Å². The molecule has 1 aromatic carbocycles. The molecular weight excluding hydrogens is 334 g/mol. The number of esters is 1. The average Bonchev–Trinajstić information content (AvgIpc) is 3.44. The van der Waals surface area contributed by atoms with Gasteiger partial charge in [0.25, 0.3) is 0 Å². The number of fused-ring (bicyclic) bond motifs is 1. The molecule has 0 aliphatic heterocycles. The van der Waals surface area contributed by atoms with E-state index in [2.05, 4.69) is 10.1 Å². The highest BCUT2D eigenvalue weighted by Crippen LogP contribution is 2.41. The number of carbonyl (C=O) groups is 1. The van der Waals surface area contributed by atoms with Crippen molar-refractivity contribution in [1.82, 2.24) is 14.8 Å². The molecule has 0 amide bonds. The molecule has 2 aromatic heterocycles. The van der Waals surface area contributed by atoms with E-state index in [1.165, 1.54) is 13.2 Å². The van der Waals surface area contributed by atoms with Crippen LogP contribution in [0.15, 0.2) is 35.1 Å². The maximum Gasteiger partial charge on any atom is 0.354 e. The number of H-pyrrole nitrogens is 1. The summed E-state index contributed by atoms with van der Waals surface area (Å²) in [6.45, 7) is 0.480. The van der Waals surface area contributed by atoms with Crippen LogP contribution in [0, 0.1) is 0 Å². The molecule has 26 heavy (non-hydrogen) atoms. The minimum Gasteiger partial charge on any atom is -0.497 e. The lowest BCUT2D eigenvalue weighted by Crippen LogP contribution is -2.13. The Bertz CT molecular complexity index is 1030. The molecule has 3 aromatic rings. The van der Waals surface area contributed by atoms with Crippen LogP contribution in [0.5, 0.6) is 5.75 Å². The molecule has 0 spiro atoms. The van der Waals surface area contributed by atoms with Crippen LogP contribution in [-0.2, 0) is 11.3 Å². The van der Waals surface area contributed by atoms with Crippen LogP contribution in [0.2, 0.25) is 0 Å². The van der Waals surface area contributed by atoms with Gasteiger partial charge in [-0.3, -0.25) is 4.79 Å². The van der Waals surface area contributed by atoms with E-state index in [1.807, 2.05) is 24.3 Å². The lowest BCUT2D eigenvalue weighted by atomic mass is 10.2. The summed E-state index contributed by atoms with van der Waals surface area (Å²) in [7, 11) is 2.91. The van der Waals surface area contributed by atoms with Gasteiger partial charge in [-0.05, 0) is 30.5 Å². The Morgan fingerprint density at radius 3 is 2.62 bits per heavy atom. The molecule has 1 aliphatic rings. The second-order valence-electron chi connectivity index (χ2n) is 6.43. The van der Waals surface area contributed by atoms with Crippen LogP contribution in [0.1, 0.15) is 40.5 Å². The number of ether oxygens (including phenoxy) is 2. The van der Waals surface area contributed by atoms with Gasteiger partial charge in [-0.25, -0.2) is 9.48 Å². The first kappa shape index (κ1) is 16.4. The first-order valence-electron chi connectivity index (χ1n) is 8.45. The zero-order valence-corrected chi connectivity index (χ0v) is 14.6. The topological polar surface area (TPSA) is 86.2 Å². The number of methoxy groups -OCH3 is 2. The smallest absolute Gasteiger partial charge is 0.354 e. The number of pyridine rings is 1. The van der Waals surface area contributed by atoms with Crippen LogP contribution in [0.25, 0.3) is 11.0 Å². The normalized spacial score (nSPS) is 13.8. The van der Waals surface area contributed by atoms with Gasteiger partial charge in [-0.1, -0.05) is 12.1 Å². The number of benzene rings is 1. The monoisotopic (exact) mass is 353 g/mol. The predicted molar refractivity (Wildman–Crippen MR) is 95.8 cm³/mol. The molecule has 0 radical (unpaired) electrons. The van der Waals surface area contributed by atoms with E-state index in [4.69, 9.17) is 9.47 Å². The number of hydrogen-bond donors (Lipinski definition) is 1. The maximum atomic E-state index is 12.6. The zero-order valence-electron chi connectivity index (χ0n) is 14.6. The molecule has 4 rings (SSSR count). The molecule has 1 saturated carbocycles. The lowest BCUT2D eigenvalue weighted by molar-refractivity contribution is 0.0594. The molecule has 0 saturated heterocycles. The molecule has 7 nitrogen and oxygen atoms in total. The van der Waals surface area contributed by atoms with Crippen molar-refractivity contribution in [2.75, 3.05) is 14.2 Å². The Labute approximate surface area is 149 Å². The molecule has 0 atom stereocenters. The summed E-state index contributed by atoms with van der Waals surface area (Å²) in [5.74, 6) is 0.521. The van der Waals surface area contributed by atoms with E-state index >= 15 is 0 Å². The van der Waals surface area contributed by atoms with Gasteiger partial charge in [-0.2, -0.15) is 5.10 Å². The van der Waals surface area contributed by atoms with Gasteiger partial charge >= 0.3 is 5.97 Å². The van der Waals surface area contributed by atoms with Crippen LogP contribution in [0.4, 0.5) is 0 Å². The minimum absolute atomic E-state index is 0.128. The van der Waals surface area contributed by atoms with Crippen molar-refractivity contribution in [1.29, 1.82) is 0 Å². The average molecular weight is 353 g/mol. The van der Waals surface area contributed by atoms with Crippen LogP contribution in [0.3, 0.4) is 0 Å². The molecule has 1 N–H and O–H groups in total. The Kier molecular flexibility index (Phi) is 3.99. The molecule has 0 bridgehead atoms. The quantitative estimate of drug-likeness (QED) is 0.712. The SMILES string of the molecule is COC(=O)c1cc(=O)c2c(C3CC3)nn(Cc3ccc(OC)cc3)c2[nH]1. The fourth-order valence-corrected chi connectivity index (χ4v) is 3.10. The number of nitrogens with one attached hydrogen (secondary N) is 1. The first-order valence-corrected chi connectivity index (χ1v) is 8.45. The van der Waals surface area contributed by atoms with Gasteiger partial charge in [0.2, 0.25) is 0 Å². The van der Waals surface area contributed by atoms with E-state index in [0.717, 1.165) is 29.8 Å². The third kappa shape index (κ3) is 2.85. The first-order chi connectivity index (χ1) is 12.6. The number of carbonyl (C=O) groups excluding carboxylic acids is 1. The van der Waals surface area contributed by atoms with E-state index in [1.54, 1.807) is 11.8 Å². The van der Waals surface area contributed by atoms with Crippen molar-refractivity contribution in [2.24, 2.45) is 0 Å². The van der Waals surface area contributed by atoms with E-state index in [9.17, 15) is 9.59 Å². The number of hydrogen-bond acceptors (Lipinski definition) is 5. The van der Waals surface area contributed by atoms with Crippen molar-refractivity contribution in [3.63, 3.8) is 0 Å². The molecule has 134 valence electrons. The number of aromatic nitrogens is 3. The minimum atomic E-state index is -0.575.